The minimum Gasteiger partial charge on any atom is -0.388 e. The van der Waals surface area contributed by atoms with Crippen molar-refractivity contribution in [3.8, 4) is 0 Å². The average Bonchev–Trinajstić information content (AvgIpc) is 3.13. The van der Waals surface area contributed by atoms with E-state index in [1.807, 2.05) is 0 Å². The normalized spacial score (nSPS) is 37.3. The van der Waals surface area contributed by atoms with E-state index in [2.05, 4.69) is 29.2 Å². The van der Waals surface area contributed by atoms with Crippen LogP contribution in [0, 0.1) is 0 Å². The Bertz CT molecular complexity index is 527. The molecule has 2 unspecified atom stereocenters. The maximum Gasteiger partial charge on any atom is 0.0894 e. The van der Waals surface area contributed by atoms with Crippen LogP contribution in [-0.4, -0.2) is 41.3 Å². The quantitative estimate of drug-likeness (QED) is 0.875. The van der Waals surface area contributed by atoms with Gasteiger partial charge in [0.2, 0.25) is 0 Å². The minimum atomic E-state index is -0.642. The second-order valence-corrected chi connectivity index (χ2v) is 6.93. The number of nitrogens with two attached hydrogens (primary N) is 1. The topological polar surface area (TPSA) is 49.5 Å². The molecule has 1 heterocycles. The maximum atomic E-state index is 11.4. The van der Waals surface area contributed by atoms with E-state index in [9.17, 15) is 5.11 Å². The molecule has 20 heavy (non-hydrogen) atoms. The van der Waals surface area contributed by atoms with Gasteiger partial charge in [0.15, 0.2) is 0 Å². The zero-order valence-corrected chi connectivity index (χ0v) is 12.0. The number of fused-ring (bicyclic) bond motifs is 1. The molecule has 1 saturated heterocycles. The summed E-state index contributed by atoms with van der Waals surface area (Å²) in [7, 11) is 0. The number of hydrogen-bond donors (Lipinski definition) is 2. The van der Waals surface area contributed by atoms with Crippen LogP contribution in [0.15, 0.2) is 24.3 Å². The van der Waals surface area contributed by atoms with Gasteiger partial charge in [0, 0.05) is 31.1 Å². The Kier molecular flexibility index (Phi) is 2.75. The summed E-state index contributed by atoms with van der Waals surface area (Å²) >= 11 is 0. The van der Waals surface area contributed by atoms with E-state index in [-0.39, 0.29) is 5.41 Å². The van der Waals surface area contributed by atoms with Crippen LogP contribution in [0.2, 0.25) is 0 Å². The molecule has 3 N–H and O–H groups in total. The van der Waals surface area contributed by atoms with Gasteiger partial charge < -0.3 is 10.8 Å². The second-order valence-electron chi connectivity index (χ2n) is 6.93. The van der Waals surface area contributed by atoms with Crippen molar-refractivity contribution in [3.05, 3.63) is 35.4 Å². The molecule has 3 heteroatoms. The van der Waals surface area contributed by atoms with Crippen molar-refractivity contribution in [2.75, 3.05) is 19.6 Å². The number of rotatable bonds is 3. The minimum absolute atomic E-state index is 0.229. The highest BCUT2D eigenvalue weighted by Crippen LogP contribution is 2.50. The van der Waals surface area contributed by atoms with Crippen LogP contribution in [-0.2, 0) is 11.8 Å². The Hall–Kier alpha value is -0.900. The van der Waals surface area contributed by atoms with Crippen LogP contribution in [0.3, 0.4) is 0 Å². The van der Waals surface area contributed by atoms with Crippen molar-refractivity contribution >= 4 is 0 Å². The summed E-state index contributed by atoms with van der Waals surface area (Å²) in [6.07, 6.45) is 5.54. The summed E-state index contributed by atoms with van der Waals surface area (Å²) < 4.78 is 0. The van der Waals surface area contributed by atoms with Gasteiger partial charge in [0.25, 0.3) is 0 Å². The van der Waals surface area contributed by atoms with Crippen LogP contribution < -0.4 is 5.73 Å². The standard InChI is InChI=1S/C17H24N2O/c18-11-16(8-7-13-3-1-2-4-15(13)16)17(20)9-10-19(12-17)14-5-6-14/h1-4,14,20H,5-12,18H2. The predicted octanol–water partition coefficient (Wildman–Crippen LogP) is 1.43. The third-order valence-electron chi connectivity index (χ3n) is 5.93. The van der Waals surface area contributed by atoms with Crippen LogP contribution in [0.5, 0.6) is 0 Å². The molecular formula is C17H24N2O. The van der Waals surface area contributed by atoms with Crippen molar-refractivity contribution in [3.63, 3.8) is 0 Å². The molecule has 0 spiro atoms. The number of benzene rings is 1. The molecule has 4 rings (SSSR count). The van der Waals surface area contributed by atoms with Gasteiger partial charge in [-0.25, -0.2) is 0 Å². The largest absolute Gasteiger partial charge is 0.388 e. The Labute approximate surface area is 120 Å². The lowest BCUT2D eigenvalue weighted by Gasteiger charge is -2.43. The summed E-state index contributed by atoms with van der Waals surface area (Å²) in [6, 6.07) is 9.30. The number of β-amino-alcohol motifs (C(OH)–C–C–N with tert-alkyl or cyclic N) is 1. The highest BCUT2D eigenvalue weighted by Gasteiger charge is 2.57. The number of nitrogens with zero attached hydrogens (tertiary/aromatic N) is 1. The molecule has 108 valence electrons. The van der Waals surface area contributed by atoms with Gasteiger partial charge >= 0.3 is 0 Å². The summed E-state index contributed by atoms with van der Waals surface area (Å²) in [5.41, 5.74) is 8.03. The Balaban J connectivity index is 1.71. The van der Waals surface area contributed by atoms with E-state index in [0.717, 1.165) is 38.4 Å². The average molecular weight is 272 g/mol. The van der Waals surface area contributed by atoms with Gasteiger partial charge in [-0.1, -0.05) is 24.3 Å². The molecule has 0 amide bonds. The molecule has 2 aliphatic carbocycles. The fourth-order valence-electron chi connectivity index (χ4n) is 4.54. The van der Waals surface area contributed by atoms with Gasteiger partial charge in [-0.15, -0.1) is 0 Å². The van der Waals surface area contributed by atoms with E-state index in [0.29, 0.717) is 6.54 Å². The van der Waals surface area contributed by atoms with E-state index in [1.54, 1.807) is 0 Å². The maximum absolute atomic E-state index is 11.4. The number of hydrogen-bond acceptors (Lipinski definition) is 3. The first-order valence-corrected chi connectivity index (χ1v) is 7.93. The van der Waals surface area contributed by atoms with Crippen LogP contribution in [0.4, 0.5) is 0 Å². The molecule has 1 aromatic rings. The van der Waals surface area contributed by atoms with Gasteiger partial charge in [0.05, 0.1) is 5.60 Å². The lowest BCUT2D eigenvalue weighted by molar-refractivity contribution is -0.0283. The fourth-order valence-corrected chi connectivity index (χ4v) is 4.54. The van der Waals surface area contributed by atoms with Gasteiger partial charge in [-0.3, -0.25) is 4.90 Å². The summed E-state index contributed by atoms with van der Waals surface area (Å²) in [5, 5.41) is 11.4. The van der Waals surface area contributed by atoms with E-state index >= 15 is 0 Å². The molecule has 1 aliphatic heterocycles. The SMILES string of the molecule is NCC1(C2(O)CCN(C3CC3)C2)CCc2ccccc21. The molecule has 0 radical (unpaired) electrons. The third-order valence-corrected chi connectivity index (χ3v) is 5.93. The molecule has 0 aromatic heterocycles. The zero-order valence-electron chi connectivity index (χ0n) is 12.0. The lowest BCUT2D eigenvalue weighted by Crippen LogP contribution is -2.56. The fraction of sp³-hybridized carbons (Fsp3) is 0.647. The highest BCUT2D eigenvalue weighted by atomic mass is 16.3. The first kappa shape index (κ1) is 12.8. The first-order chi connectivity index (χ1) is 9.68. The Morgan fingerprint density at radius 1 is 1.25 bits per heavy atom. The number of aliphatic hydroxyl groups is 1. The van der Waals surface area contributed by atoms with Gasteiger partial charge in [-0.2, -0.15) is 0 Å². The molecule has 2 fully saturated rings. The first-order valence-electron chi connectivity index (χ1n) is 7.93. The van der Waals surface area contributed by atoms with E-state index in [4.69, 9.17) is 5.73 Å². The van der Waals surface area contributed by atoms with Crippen molar-refractivity contribution in [1.82, 2.24) is 4.90 Å². The van der Waals surface area contributed by atoms with Crippen LogP contribution in [0.25, 0.3) is 0 Å². The smallest absolute Gasteiger partial charge is 0.0894 e. The molecular weight excluding hydrogens is 248 g/mol. The van der Waals surface area contributed by atoms with E-state index < -0.39 is 5.60 Å². The molecule has 1 aromatic carbocycles. The highest BCUT2D eigenvalue weighted by molar-refractivity contribution is 5.43. The van der Waals surface area contributed by atoms with E-state index in [1.165, 1.54) is 24.0 Å². The molecule has 2 atom stereocenters. The molecule has 0 bridgehead atoms. The van der Waals surface area contributed by atoms with Crippen molar-refractivity contribution in [2.45, 2.75) is 49.2 Å². The lowest BCUT2D eigenvalue weighted by atomic mass is 9.67. The zero-order chi connectivity index (χ0) is 13.8. The van der Waals surface area contributed by atoms with Gasteiger partial charge in [0.1, 0.15) is 0 Å². The van der Waals surface area contributed by atoms with Crippen molar-refractivity contribution in [2.24, 2.45) is 5.73 Å². The molecule has 3 nitrogen and oxygen atoms in total. The summed E-state index contributed by atoms with van der Waals surface area (Å²) in [5.74, 6) is 0. The van der Waals surface area contributed by atoms with Crippen LogP contribution >= 0.6 is 0 Å². The number of likely N-dealkylation sites (tertiary alicyclic amines) is 1. The second kappa shape index (κ2) is 4.30. The Morgan fingerprint density at radius 2 is 2.05 bits per heavy atom. The third kappa shape index (κ3) is 1.63. The Morgan fingerprint density at radius 3 is 2.80 bits per heavy atom. The van der Waals surface area contributed by atoms with Crippen molar-refractivity contribution < 1.29 is 5.11 Å². The van der Waals surface area contributed by atoms with Crippen molar-refractivity contribution in [1.29, 1.82) is 0 Å². The molecule has 1 saturated carbocycles. The van der Waals surface area contributed by atoms with Crippen LogP contribution in [0.1, 0.15) is 36.8 Å². The predicted molar refractivity (Wildman–Crippen MR) is 79.7 cm³/mol. The molecule has 3 aliphatic rings. The number of aryl methyl sites for hydroxylation is 1. The van der Waals surface area contributed by atoms with Gasteiger partial charge in [-0.05, 0) is 43.2 Å². The monoisotopic (exact) mass is 272 g/mol. The summed E-state index contributed by atoms with van der Waals surface area (Å²) in [6.45, 7) is 2.40. The summed E-state index contributed by atoms with van der Waals surface area (Å²) in [4.78, 5) is 2.48.